The molecule has 0 radical (unpaired) electrons. The first-order chi connectivity index (χ1) is 14.9. The van der Waals surface area contributed by atoms with Gasteiger partial charge in [0.05, 0.1) is 5.52 Å². The summed E-state index contributed by atoms with van der Waals surface area (Å²) in [5, 5.41) is 4.27. The van der Waals surface area contributed by atoms with E-state index in [9.17, 15) is 13.2 Å². The van der Waals surface area contributed by atoms with E-state index in [-0.39, 0.29) is 10.8 Å². The second-order valence-corrected chi connectivity index (χ2v) is 9.98. The standard InChI is InChI=1S/C23H24ClN3O3S/c24-19-11-9-17(10-12-19)16-26-22(28)23(13-2-1-3-14-23)27-31(29,30)20-8-4-6-18-7-5-15-25-21(18)20/h4-12,15,27H,1-3,13-14,16H2,(H,26,28). The fourth-order valence-electron chi connectivity index (χ4n) is 4.09. The molecular formula is C23H24ClN3O3S. The number of nitrogens with one attached hydrogen (secondary N) is 2. The number of hydrogen-bond donors (Lipinski definition) is 2. The summed E-state index contributed by atoms with van der Waals surface area (Å²) in [6.07, 6.45) is 5.02. The minimum Gasteiger partial charge on any atom is -0.350 e. The van der Waals surface area contributed by atoms with Gasteiger partial charge >= 0.3 is 0 Å². The summed E-state index contributed by atoms with van der Waals surface area (Å²) in [5.41, 5.74) is 0.107. The van der Waals surface area contributed by atoms with Crippen LogP contribution in [0.15, 0.2) is 65.7 Å². The van der Waals surface area contributed by atoms with Crippen molar-refractivity contribution >= 4 is 38.4 Å². The first kappa shape index (κ1) is 21.7. The molecule has 0 unspecified atom stereocenters. The number of nitrogens with zero attached hydrogens (tertiary/aromatic N) is 1. The fraction of sp³-hybridized carbons (Fsp3) is 0.304. The highest BCUT2D eigenvalue weighted by atomic mass is 35.5. The van der Waals surface area contributed by atoms with Gasteiger partial charge in [-0.05, 0) is 42.7 Å². The molecule has 2 aromatic carbocycles. The van der Waals surface area contributed by atoms with Crippen molar-refractivity contribution in [2.45, 2.75) is 49.1 Å². The maximum absolute atomic E-state index is 13.4. The number of carbonyl (C=O) groups excluding carboxylic acids is 1. The summed E-state index contributed by atoms with van der Waals surface area (Å²) in [4.78, 5) is 17.6. The molecule has 0 spiro atoms. The topological polar surface area (TPSA) is 88.2 Å². The Hall–Kier alpha value is -2.48. The van der Waals surface area contributed by atoms with Crippen LogP contribution in [-0.2, 0) is 21.4 Å². The molecule has 1 aromatic heterocycles. The third-order valence-electron chi connectivity index (χ3n) is 5.72. The lowest BCUT2D eigenvalue weighted by Gasteiger charge is -2.36. The van der Waals surface area contributed by atoms with Crippen LogP contribution in [0.25, 0.3) is 10.9 Å². The molecule has 6 nitrogen and oxygen atoms in total. The van der Waals surface area contributed by atoms with E-state index in [1.165, 1.54) is 6.07 Å². The number of aromatic nitrogens is 1. The number of sulfonamides is 1. The molecule has 1 aliphatic rings. The molecule has 4 rings (SSSR count). The van der Waals surface area contributed by atoms with Gasteiger partial charge in [-0.15, -0.1) is 0 Å². The molecule has 0 atom stereocenters. The van der Waals surface area contributed by atoms with E-state index < -0.39 is 15.6 Å². The number of carbonyl (C=O) groups is 1. The van der Waals surface area contributed by atoms with Crippen LogP contribution in [-0.4, -0.2) is 24.8 Å². The van der Waals surface area contributed by atoms with Crippen molar-refractivity contribution in [3.8, 4) is 0 Å². The van der Waals surface area contributed by atoms with E-state index in [4.69, 9.17) is 11.6 Å². The van der Waals surface area contributed by atoms with Crippen LogP contribution in [0.1, 0.15) is 37.7 Å². The zero-order valence-electron chi connectivity index (χ0n) is 17.0. The Balaban J connectivity index is 1.61. The van der Waals surface area contributed by atoms with Crippen molar-refractivity contribution in [2.24, 2.45) is 0 Å². The summed E-state index contributed by atoms with van der Waals surface area (Å²) in [7, 11) is -3.97. The van der Waals surface area contributed by atoms with Gasteiger partial charge in [-0.1, -0.05) is 61.2 Å². The summed E-state index contributed by atoms with van der Waals surface area (Å²) < 4.78 is 29.5. The first-order valence-corrected chi connectivity index (χ1v) is 12.2. The van der Waals surface area contributed by atoms with Crippen molar-refractivity contribution in [3.05, 3.63) is 71.4 Å². The maximum Gasteiger partial charge on any atom is 0.243 e. The highest BCUT2D eigenvalue weighted by Crippen LogP contribution is 2.31. The quantitative estimate of drug-likeness (QED) is 0.581. The maximum atomic E-state index is 13.4. The van der Waals surface area contributed by atoms with Gasteiger partial charge in [0.2, 0.25) is 15.9 Å². The average molecular weight is 458 g/mol. The number of hydrogen-bond acceptors (Lipinski definition) is 4. The lowest BCUT2D eigenvalue weighted by molar-refractivity contribution is -0.128. The number of fused-ring (bicyclic) bond motifs is 1. The highest BCUT2D eigenvalue weighted by Gasteiger charge is 2.43. The van der Waals surface area contributed by atoms with Gasteiger partial charge < -0.3 is 5.32 Å². The average Bonchev–Trinajstić information content (AvgIpc) is 2.78. The van der Waals surface area contributed by atoms with Crippen LogP contribution in [0, 0.1) is 0 Å². The Morgan fingerprint density at radius 1 is 1.00 bits per heavy atom. The number of amides is 1. The van der Waals surface area contributed by atoms with Crippen LogP contribution in [0.5, 0.6) is 0 Å². The van der Waals surface area contributed by atoms with Crippen molar-refractivity contribution in [1.29, 1.82) is 0 Å². The predicted octanol–water partition coefficient (Wildman–Crippen LogP) is 4.19. The van der Waals surface area contributed by atoms with Crippen LogP contribution in [0.3, 0.4) is 0 Å². The van der Waals surface area contributed by atoms with E-state index in [0.717, 1.165) is 30.2 Å². The van der Waals surface area contributed by atoms with Crippen molar-refractivity contribution in [2.75, 3.05) is 0 Å². The van der Waals surface area contributed by atoms with Gasteiger partial charge in [0.25, 0.3) is 0 Å². The minimum absolute atomic E-state index is 0.0843. The second kappa shape index (κ2) is 8.94. The summed E-state index contributed by atoms with van der Waals surface area (Å²) in [5.74, 6) is -0.307. The van der Waals surface area contributed by atoms with E-state index in [1.54, 1.807) is 30.5 Å². The van der Waals surface area contributed by atoms with Crippen LogP contribution in [0.2, 0.25) is 5.02 Å². The Morgan fingerprint density at radius 3 is 2.45 bits per heavy atom. The third-order valence-corrected chi connectivity index (χ3v) is 7.54. The van der Waals surface area contributed by atoms with E-state index in [0.29, 0.717) is 29.9 Å². The molecule has 1 heterocycles. The number of para-hydroxylation sites is 1. The predicted molar refractivity (Wildman–Crippen MR) is 121 cm³/mol. The molecule has 1 saturated carbocycles. The number of rotatable bonds is 6. The largest absolute Gasteiger partial charge is 0.350 e. The molecular weight excluding hydrogens is 434 g/mol. The van der Waals surface area contributed by atoms with E-state index in [2.05, 4.69) is 15.0 Å². The van der Waals surface area contributed by atoms with Gasteiger partial charge in [-0.3, -0.25) is 9.78 Å². The Labute approximate surface area is 187 Å². The number of benzene rings is 2. The molecule has 31 heavy (non-hydrogen) atoms. The molecule has 1 aliphatic carbocycles. The van der Waals surface area contributed by atoms with E-state index >= 15 is 0 Å². The molecule has 162 valence electrons. The van der Waals surface area contributed by atoms with Gasteiger partial charge in [0.15, 0.2) is 0 Å². The lowest BCUT2D eigenvalue weighted by Crippen LogP contribution is -2.59. The minimum atomic E-state index is -3.97. The monoisotopic (exact) mass is 457 g/mol. The SMILES string of the molecule is O=C(NCc1ccc(Cl)cc1)C1(NS(=O)(=O)c2cccc3cccnc23)CCCCC1. The van der Waals surface area contributed by atoms with E-state index in [1.807, 2.05) is 24.3 Å². The van der Waals surface area contributed by atoms with Crippen molar-refractivity contribution in [1.82, 2.24) is 15.0 Å². The lowest BCUT2D eigenvalue weighted by atomic mass is 9.82. The molecule has 8 heteroatoms. The zero-order valence-corrected chi connectivity index (χ0v) is 18.5. The van der Waals surface area contributed by atoms with Gasteiger partial charge in [-0.25, -0.2) is 8.42 Å². The second-order valence-electron chi connectivity index (χ2n) is 7.89. The van der Waals surface area contributed by atoms with Crippen LogP contribution >= 0.6 is 11.6 Å². The molecule has 0 aliphatic heterocycles. The van der Waals surface area contributed by atoms with Crippen molar-refractivity contribution < 1.29 is 13.2 Å². The first-order valence-electron chi connectivity index (χ1n) is 10.3. The Kier molecular flexibility index (Phi) is 6.27. The smallest absolute Gasteiger partial charge is 0.243 e. The third kappa shape index (κ3) is 4.74. The van der Waals surface area contributed by atoms with Gasteiger partial charge in [0, 0.05) is 23.2 Å². The Morgan fingerprint density at radius 2 is 1.71 bits per heavy atom. The normalized spacial score (nSPS) is 16.2. The van der Waals surface area contributed by atoms with Crippen molar-refractivity contribution in [3.63, 3.8) is 0 Å². The number of pyridine rings is 1. The molecule has 2 N–H and O–H groups in total. The Bertz CT molecular complexity index is 1180. The van der Waals surface area contributed by atoms with Gasteiger partial charge in [0.1, 0.15) is 10.4 Å². The molecule has 0 bridgehead atoms. The summed E-state index contributed by atoms with van der Waals surface area (Å²) >= 11 is 5.92. The molecule has 0 saturated heterocycles. The molecule has 1 fully saturated rings. The molecule has 3 aromatic rings. The molecule has 1 amide bonds. The fourth-order valence-corrected chi connectivity index (χ4v) is 5.82. The van der Waals surface area contributed by atoms with Crippen LogP contribution < -0.4 is 10.0 Å². The summed E-state index contributed by atoms with van der Waals surface area (Å²) in [6, 6.07) is 15.8. The summed E-state index contributed by atoms with van der Waals surface area (Å²) in [6.45, 7) is 0.301. The van der Waals surface area contributed by atoms with Gasteiger partial charge in [-0.2, -0.15) is 4.72 Å². The zero-order chi connectivity index (χ0) is 21.9. The number of halogens is 1. The van der Waals surface area contributed by atoms with Crippen LogP contribution in [0.4, 0.5) is 0 Å². The highest BCUT2D eigenvalue weighted by molar-refractivity contribution is 7.89.